The summed E-state index contributed by atoms with van der Waals surface area (Å²) < 4.78 is 7.42. The van der Waals surface area contributed by atoms with E-state index in [2.05, 4.69) is 25.4 Å². The number of benzene rings is 1. The maximum absolute atomic E-state index is 13.6. The first-order chi connectivity index (χ1) is 19.1. The third-order valence-electron chi connectivity index (χ3n) is 7.19. The van der Waals surface area contributed by atoms with Crippen LogP contribution in [0.25, 0.3) is 32.6 Å². The molecule has 206 valence electrons. The molecule has 4 aromatic heterocycles. The second kappa shape index (κ2) is 9.59. The summed E-state index contributed by atoms with van der Waals surface area (Å²) in [6, 6.07) is 8.89. The van der Waals surface area contributed by atoms with E-state index in [9.17, 15) is 14.7 Å². The topological polar surface area (TPSA) is 165 Å². The Bertz CT molecular complexity index is 1740. The number of carboxylic acid groups (broad SMARTS) is 1. The number of likely N-dealkylation sites (tertiary alicyclic amines) is 1. The van der Waals surface area contributed by atoms with Gasteiger partial charge in [0.05, 0.1) is 17.5 Å². The minimum atomic E-state index is -0.994. The average molecular weight is 561 g/mol. The number of aromatic nitrogens is 5. The molecular formula is C27H28N8O4S. The molecule has 5 heterocycles. The number of anilines is 2. The largest absolute Gasteiger partial charge is 0.465 e. The lowest BCUT2D eigenvalue weighted by molar-refractivity contribution is 0.0247. The first-order valence-electron chi connectivity index (χ1n) is 12.9. The maximum atomic E-state index is 13.6. The summed E-state index contributed by atoms with van der Waals surface area (Å²) >= 11 is 1.62. The molecular weight excluding hydrogens is 532 g/mol. The number of amides is 2. The van der Waals surface area contributed by atoms with Crippen molar-refractivity contribution in [3.63, 3.8) is 0 Å². The SMILES string of the molecule is CC(C)(C)C1C(n2nc(C(=O)Nc3nc4cc(-c5cccs5)ccc4o3)c3c(N)ncnc32)CCCN1C(=O)O. The van der Waals surface area contributed by atoms with E-state index in [4.69, 9.17) is 10.2 Å². The summed E-state index contributed by atoms with van der Waals surface area (Å²) in [4.78, 5) is 41.2. The van der Waals surface area contributed by atoms with Crippen molar-refractivity contribution in [2.75, 3.05) is 17.6 Å². The number of nitrogen functional groups attached to an aromatic ring is 1. The van der Waals surface area contributed by atoms with Crippen LogP contribution in [0, 0.1) is 5.41 Å². The van der Waals surface area contributed by atoms with Gasteiger partial charge in [-0.2, -0.15) is 10.1 Å². The number of fused-ring (bicyclic) bond motifs is 2. The zero-order chi connectivity index (χ0) is 28.2. The van der Waals surface area contributed by atoms with Crippen LogP contribution in [0.15, 0.2) is 46.5 Å². The Kier molecular flexibility index (Phi) is 6.17. The van der Waals surface area contributed by atoms with E-state index in [0.717, 1.165) is 10.4 Å². The Balaban J connectivity index is 1.38. The van der Waals surface area contributed by atoms with Crippen molar-refractivity contribution in [1.82, 2.24) is 29.6 Å². The van der Waals surface area contributed by atoms with Gasteiger partial charge in [-0.3, -0.25) is 10.1 Å². The first kappa shape index (κ1) is 25.7. The highest BCUT2D eigenvalue weighted by Crippen LogP contribution is 2.40. The van der Waals surface area contributed by atoms with Crippen molar-refractivity contribution in [3.05, 3.63) is 47.7 Å². The number of nitrogens with zero attached hydrogens (tertiary/aromatic N) is 6. The van der Waals surface area contributed by atoms with Gasteiger partial charge in [0.25, 0.3) is 5.91 Å². The highest BCUT2D eigenvalue weighted by Gasteiger charge is 2.44. The zero-order valence-electron chi connectivity index (χ0n) is 22.2. The Morgan fingerprint density at radius 3 is 2.77 bits per heavy atom. The number of oxazole rings is 1. The van der Waals surface area contributed by atoms with Crippen LogP contribution < -0.4 is 11.1 Å². The number of hydrogen-bond donors (Lipinski definition) is 3. The smallest absolute Gasteiger partial charge is 0.407 e. The molecule has 0 aliphatic carbocycles. The summed E-state index contributed by atoms with van der Waals surface area (Å²) in [5.41, 5.74) is 8.31. The Morgan fingerprint density at radius 1 is 1.23 bits per heavy atom. The van der Waals surface area contributed by atoms with Crippen LogP contribution in [0.2, 0.25) is 0 Å². The predicted molar refractivity (Wildman–Crippen MR) is 151 cm³/mol. The van der Waals surface area contributed by atoms with Gasteiger partial charge >= 0.3 is 12.1 Å². The summed E-state index contributed by atoms with van der Waals surface area (Å²) in [5.74, 6) is -0.494. The van der Waals surface area contributed by atoms with Crippen molar-refractivity contribution in [1.29, 1.82) is 0 Å². The molecule has 1 aliphatic rings. The molecule has 13 heteroatoms. The molecule has 40 heavy (non-hydrogen) atoms. The van der Waals surface area contributed by atoms with Gasteiger partial charge in [0.2, 0.25) is 0 Å². The lowest BCUT2D eigenvalue weighted by Crippen LogP contribution is -2.54. The predicted octanol–water partition coefficient (Wildman–Crippen LogP) is 5.26. The van der Waals surface area contributed by atoms with E-state index in [1.54, 1.807) is 16.0 Å². The molecule has 6 rings (SSSR count). The molecule has 0 bridgehead atoms. The molecule has 1 aromatic carbocycles. The quantitative estimate of drug-likeness (QED) is 0.266. The molecule has 2 atom stereocenters. The molecule has 4 N–H and O–H groups in total. The average Bonchev–Trinajstić information content (AvgIpc) is 3.66. The van der Waals surface area contributed by atoms with Crippen LogP contribution >= 0.6 is 11.3 Å². The lowest BCUT2D eigenvalue weighted by atomic mass is 9.77. The van der Waals surface area contributed by atoms with Gasteiger partial charge in [0, 0.05) is 11.4 Å². The van der Waals surface area contributed by atoms with Crippen LogP contribution in [0.1, 0.15) is 50.1 Å². The number of carbonyl (C=O) groups is 2. The summed E-state index contributed by atoms with van der Waals surface area (Å²) in [5, 5.41) is 19.6. The van der Waals surface area contributed by atoms with Crippen molar-refractivity contribution in [2.24, 2.45) is 5.41 Å². The maximum Gasteiger partial charge on any atom is 0.407 e. The monoisotopic (exact) mass is 560 g/mol. The molecule has 2 amide bonds. The Hall–Kier alpha value is -4.52. The van der Waals surface area contributed by atoms with E-state index in [-0.39, 0.29) is 29.0 Å². The van der Waals surface area contributed by atoms with Crippen molar-refractivity contribution in [3.8, 4) is 10.4 Å². The van der Waals surface area contributed by atoms with Crippen LogP contribution in [-0.2, 0) is 0 Å². The first-order valence-corrected chi connectivity index (χ1v) is 13.7. The standard InChI is InChI=1S/C27H28N8O4S/c1-27(2,3)21-16(6-4-10-34(21)26(37)38)35-23-19(22(28)29-13-30-23)20(33-35)24(36)32-25-31-15-12-14(8-9-17(15)39-25)18-7-5-11-40-18/h5,7-9,11-13,16,21H,4,6,10H2,1-3H3,(H,37,38)(H2,28,29,30)(H,31,32,36). The van der Waals surface area contributed by atoms with Gasteiger partial charge in [-0.05, 0) is 53.5 Å². The molecule has 0 saturated carbocycles. The van der Waals surface area contributed by atoms with Crippen LogP contribution in [0.3, 0.4) is 0 Å². The van der Waals surface area contributed by atoms with Crippen molar-refractivity contribution >= 4 is 57.3 Å². The van der Waals surface area contributed by atoms with Crippen LogP contribution in [0.4, 0.5) is 16.6 Å². The second-order valence-electron chi connectivity index (χ2n) is 10.9. The van der Waals surface area contributed by atoms with Crippen molar-refractivity contribution < 1.29 is 19.1 Å². The molecule has 1 saturated heterocycles. The molecule has 2 unspecified atom stereocenters. The Labute approximate surface area is 232 Å². The number of thiophene rings is 1. The van der Waals surface area contributed by atoms with E-state index in [1.165, 1.54) is 11.2 Å². The number of rotatable bonds is 4. The minimum Gasteiger partial charge on any atom is -0.465 e. The highest BCUT2D eigenvalue weighted by atomic mass is 32.1. The van der Waals surface area contributed by atoms with E-state index in [1.807, 2.05) is 56.5 Å². The fraction of sp³-hybridized carbons (Fsp3) is 0.333. The van der Waals surface area contributed by atoms with Gasteiger partial charge in [-0.15, -0.1) is 11.3 Å². The van der Waals surface area contributed by atoms with Crippen LogP contribution in [-0.4, -0.2) is 59.3 Å². The zero-order valence-corrected chi connectivity index (χ0v) is 23.0. The second-order valence-corrected chi connectivity index (χ2v) is 11.8. The number of hydrogen-bond acceptors (Lipinski definition) is 9. The van der Waals surface area contributed by atoms with Gasteiger partial charge in [0.1, 0.15) is 17.7 Å². The van der Waals surface area contributed by atoms with Gasteiger partial charge < -0.3 is 20.2 Å². The number of nitrogens with two attached hydrogens (primary N) is 1. The van der Waals surface area contributed by atoms with E-state index >= 15 is 0 Å². The van der Waals surface area contributed by atoms with E-state index < -0.39 is 23.5 Å². The third kappa shape index (κ3) is 4.41. The fourth-order valence-corrected chi connectivity index (χ4v) is 6.33. The summed E-state index contributed by atoms with van der Waals surface area (Å²) in [6.45, 7) is 6.40. The third-order valence-corrected chi connectivity index (χ3v) is 8.11. The van der Waals surface area contributed by atoms with Crippen LogP contribution in [0.5, 0.6) is 0 Å². The van der Waals surface area contributed by atoms with Gasteiger partial charge in [-0.1, -0.05) is 26.8 Å². The molecule has 1 aliphatic heterocycles. The summed E-state index contributed by atoms with van der Waals surface area (Å²) in [7, 11) is 0. The molecule has 12 nitrogen and oxygen atoms in total. The number of nitrogens with one attached hydrogen (secondary N) is 1. The number of carbonyl (C=O) groups excluding carboxylic acids is 1. The number of piperidine rings is 1. The lowest BCUT2D eigenvalue weighted by Gasteiger charge is -2.46. The molecule has 0 radical (unpaired) electrons. The van der Waals surface area contributed by atoms with Gasteiger partial charge in [0.15, 0.2) is 16.9 Å². The normalized spacial score (nSPS) is 17.9. The fourth-order valence-electron chi connectivity index (χ4n) is 5.61. The summed E-state index contributed by atoms with van der Waals surface area (Å²) in [6.07, 6.45) is 1.62. The molecule has 5 aromatic rings. The van der Waals surface area contributed by atoms with Crippen molar-refractivity contribution in [2.45, 2.75) is 45.7 Å². The molecule has 1 fully saturated rings. The van der Waals surface area contributed by atoms with Gasteiger partial charge in [-0.25, -0.2) is 19.4 Å². The molecule has 0 spiro atoms. The highest BCUT2D eigenvalue weighted by molar-refractivity contribution is 7.13. The Morgan fingerprint density at radius 2 is 2.05 bits per heavy atom. The minimum absolute atomic E-state index is 0.00902. The van der Waals surface area contributed by atoms with E-state index in [0.29, 0.717) is 36.1 Å².